The first-order valence-electron chi connectivity index (χ1n) is 5.90. The number of carbonyl (C=O) groups is 1. The van der Waals surface area contributed by atoms with E-state index in [0.29, 0.717) is 22.1 Å². The van der Waals surface area contributed by atoms with Crippen LogP contribution in [-0.4, -0.2) is 15.7 Å². The molecule has 1 aromatic carbocycles. The first kappa shape index (κ1) is 13.4. The number of halogens is 1. The molecule has 2 rings (SSSR count). The molecule has 0 unspecified atom stereocenters. The minimum atomic E-state index is -0.262. The first-order valence-corrected chi connectivity index (χ1v) is 6.28. The van der Waals surface area contributed by atoms with Crippen LogP contribution in [0.15, 0.2) is 24.3 Å². The van der Waals surface area contributed by atoms with Crippen LogP contribution in [0.5, 0.6) is 0 Å². The summed E-state index contributed by atoms with van der Waals surface area (Å²) in [6.07, 6.45) is 0.778. The van der Waals surface area contributed by atoms with Crippen molar-refractivity contribution in [1.82, 2.24) is 9.78 Å². The number of aromatic nitrogens is 2. The van der Waals surface area contributed by atoms with Gasteiger partial charge in [-0.05, 0) is 30.7 Å². The van der Waals surface area contributed by atoms with Gasteiger partial charge in [0.25, 0.3) is 5.91 Å². The van der Waals surface area contributed by atoms with E-state index < -0.39 is 0 Å². The molecule has 100 valence electrons. The summed E-state index contributed by atoms with van der Waals surface area (Å²) in [5.74, 6) is -0.262. The third-order valence-corrected chi connectivity index (χ3v) is 3.09. The van der Waals surface area contributed by atoms with Gasteiger partial charge < -0.3 is 11.1 Å². The van der Waals surface area contributed by atoms with Gasteiger partial charge in [0.2, 0.25) is 0 Å². The van der Waals surface area contributed by atoms with E-state index in [9.17, 15) is 4.79 Å². The van der Waals surface area contributed by atoms with Crippen LogP contribution >= 0.6 is 11.6 Å². The number of aryl methyl sites for hydroxylation is 2. The van der Waals surface area contributed by atoms with E-state index in [1.165, 1.54) is 0 Å². The number of hydrogen-bond acceptors (Lipinski definition) is 3. The molecule has 0 saturated carbocycles. The maximum Gasteiger partial charge on any atom is 0.273 e. The van der Waals surface area contributed by atoms with E-state index in [4.69, 9.17) is 17.3 Å². The molecule has 3 N–H and O–H groups in total. The first-order chi connectivity index (χ1) is 9.01. The van der Waals surface area contributed by atoms with E-state index in [1.807, 2.05) is 6.92 Å². The molecule has 0 radical (unpaired) electrons. The summed E-state index contributed by atoms with van der Waals surface area (Å²) in [5, 5.41) is 7.41. The van der Waals surface area contributed by atoms with Crippen LogP contribution < -0.4 is 11.1 Å². The fourth-order valence-corrected chi connectivity index (χ4v) is 1.90. The van der Waals surface area contributed by atoms with E-state index in [2.05, 4.69) is 10.4 Å². The van der Waals surface area contributed by atoms with Crippen molar-refractivity contribution in [2.75, 3.05) is 11.1 Å². The molecule has 0 atom stereocenters. The zero-order valence-electron chi connectivity index (χ0n) is 10.8. The van der Waals surface area contributed by atoms with Crippen molar-refractivity contribution in [3.8, 4) is 0 Å². The number of benzene rings is 1. The maximum absolute atomic E-state index is 12.2. The predicted octanol–water partition coefficient (Wildman–Crippen LogP) is 2.47. The smallest absolute Gasteiger partial charge is 0.273 e. The molecule has 6 heteroatoms. The van der Waals surface area contributed by atoms with Crippen molar-refractivity contribution in [3.63, 3.8) is 0 Å². The number of nitrogens with zero attached hydrogens (tertiary/aromatic N) is 2. The summed E-state index contributed by atoms with van der Waals surface area (Å²) in [4.78, 5) is 12.2. The maximum atomic E-state index is 12.2. The summed E-state index contributed by atoms with van der Waals surface area (Å²) >= 11 is 6.01. The fourth-order valence-electron chi connectivity index (χ4n) is 1.74. The lowest BCUT2D eigenvalue weighted by molar-refractivity contribution is 0.101. The second kappa shape index (κ2) is 5.32. The molecular formula is C13H15ClN4O. The van der Waals surface area contributed by atoms with E-state index in [-0.39, 0.29) is 5.91 Å². The van der Waals surface area contributed by atoms with Gasteiger partial charge in [-0.2, -0.15) is 5.10 Å². The summed E-state index contributed by atoms with van der Waals surface area (Å²) in [6, 6.07) is 6.71. The van der Waals surface area contributed by atoms with Gasteiger partial charge in [0.05, 0.1) is 16.4 Å². The normalized spacial score (nSPS) is 10.5. The quantitative estimate of drug-likeness (QED) is 0.847. The molecule has 19 heavy (non-hydrogen) atoms. The van der Waals surface area contributed by atoms with Crippen molar-refractivity contribution >= 4 is 28.9 Å². The molecule has 1 aromatic heterocycles. The number of carbonyl (C=O) groups excluding carboxylic acids is 1. The standard InChI is InChI=1S/C13H15ClN4O/c1-3-9-7-12(18(2)17-9)13(19)16-11-6-8(15)4-5-10(11)14/h4-7H,3,15H2,1-2H3,(H,16,19). The number of anilines is 2. The minimum absolute atomic E-state index is 0.262. The lowest BCUT2D eigenvalue weighted by atomic mass is 10.2. The Kier molecular flexibility index (Phi) is 3.76. The number of nitrogens with two attached hydrogens (primary N) is 1. The van der Waals surface area contributed by atoms with E-state index >= 15 is 0 Å². The zero-order valence-corrected chi connectivity index (χ0v) is 11.5. The predicted molar refractivity (Wildman–Crippen MR) is 76.4 cm³/mol. The van der Waals surface area contributed by atoms with Crippen LogP contribution in [0.1, 0.15) is 23.1 Å². The van der Waals surface area contributed by atoms with Crippen molar-refractivity contribution in [2.24, 2.45) is 7.05 Å². The Morgan fingerprint density at radius 3 is 2.84 bits per heavy atom. The van der Waals surface area contributed by atoms with Crippen LogP contribution in [-0.2, 0) is 13.5 Å². The van der Waals surface area contributed by atoms with Crippen LogP contribution in [0.2, 0.25) is 5.02 Å². The molecule has 5 nitrogen and oxygen atoms in total. The third-order valence-electron chi connectivity index (χ3n) is 2.76. The Hall–Kier alpha value is -2.01. The Labute approximate surface area is 116 Å². The Morgan fingerprint density at radius 1 is 1.47 bits per heavy atom. The molecule has 0 spiro atoms. The second-order valence-corrected chi connectivity index (χ2v) is 4.60. The molecule has 0 aliphatic rings. The van der Waals surface area contributed by atoms with Gasteiger partial charge in [-0.15, -0.1) is 0 Å². The third kappa shape index (κ3) is 2.88. The van der Waals surface area contributed by atoms with Crippen LogP contribution in [0.4, 0.5) is 11.4 Å². The lowest BCUT2D eigenvalue weighted by Gasteiger charge is -2.08. The van der Waals surface area contributed by atoms with Gasteiger partial charge in [0.15, 0.2) is 0 Å². The highest BCUT2D eigenvalue weighted by Gasteiger charge is 2.14. The highest BCUT2D eigenvalue weighted by atomic mass is 35.5. The summed E-state index contributed by atoms with van der Waals surface area (Å²) in [7, 11) is 1.73. The van der Waals surface area contributed by atoms with E-state index in [0.717, 1.165) is 12.1 Å². The summed E-state index contributed by atoms with van der Waals surface area (Å²) in [5.41, 5.74) is 8.05. The molecule has 1 heterocycles. The van der Waals surface area contributed by atoms with Gasteiger partial charge in [-0.25, -0.2) is 0 Å². The van der Waals surface area contributed by atoms with Crippen molar-refractivity contribution in [2.45, 2.75) is 13.3 Å². The SMILES string of the molecule is CCc1cc(C(=O)Nc2cc(N)ccc2Cl)n(C)n1. The lowest BCUT2D eigenvalue weighted by Crippen LogP contribution is -2.16. The molecule has 0 fully saturated rings. The number of nitrogen functional groups attached to an aromatic ring is 1. The number of hydrogen-bond donors (Lipinski definition) is 2. The van der Waals surface area contributed by atoms with Crippen LogP contribution in [0.25, 0.3) is 0 Å². The van der Waals surface area contributed by atoms with Gasteiger partial charge in [0, 0.05) is 12.7 Å². The largest absolute Gasteiger partial charge is 0.399 e. The molecular weight excluding hydrogens is 264 g/mol. The minimum Gasteiger partial charge on any atom is -0.399 e. The average molecular weight is 279 g/mol. The summed E-state index contributed by atoms with van der Waals surface area (Å²) < 4.78 is 1.55. The molecule has 0 aliphatic carbocycles. The topological polar surface area (TPSA) is 72.9 Å². The van der Waals surface area contributed by atoms with Crippen molar-refractivity contribution in [1.29, 1.82) is 0 Å². The van der Waals surface area contributed by atoms with Crippen LogP contribution in [0.3, 0.4) is 0 Å². The van der Waals surface area contributed by atoms with Crippen molar-refractivity contribution < 1.29 is 4.79 Å². The Bertz CT molecular complexity index is 621. The molecule has 0 bridgehead atoms. The Balaban J connectivity index is 2.25. The molecule has 0 saturated heterocycles. The van der Waals surface area contributed by atoms with E-state index in [1.54, 1.807) is 36.0 Å². The van der Waals surface area contributed by atoms with Crippen LogP contribution in [0, 0.1) is 0 Å². The summed E-state index contributed by atoms with van der Waals surface area (Å²) in [6.45, 7) is 1.98. The monoisotopic (exact) mass is 278 g/mol. The molecule has 2 aromatic rings. The van der Waals surface area contributed by atoms with Gasteiger partial charge in [-0.1, -0.05) is 18.5 Å². The molecule has 0 aliphatic heterocycles. The van der Waals surface area contributed by atoms with Gasteiger partial charge in [-0.3, -0.25) is 9.48 Å². The Morgan fingerprint density at radius 2 is 2.21 bits per heavy atom. The van der Waals surface area contributed by atoms with Gasteiger partial charge in [0.1, 0.15) is 5.69 Å². The average Bonchev–Trinajstić information content (AvgIpc) is 2.75. The zero-order chi connectivity index (χ0) is 14.0. The van der Waals surface area contributed by atoms with Gasteiger partial charge >= 0.3 is 0 Å². The molecule has 1 amide bonds. The fraction of sp³-hybridized carbons (Fsp3) is 0.231. The highest BCUT2D eigenvalue weighted by molar-refractivity contribution is 6.34. The van der Waals surface area contributed by atoms with Crippen molar-refractivity contribution in [3.05, 3.63) is 40.7 Å². The highest BCUT2D eigenvalue weighted by Crippen LogP contribution is 2.24. The number of nitrogens with one attached hydrogen (secondary N) is 1. The number of amides is 1. The number of rotatable bonds is 3. The second-order valence-electron chi connectivity index (χ2n) is 4.19.